The van der Waals surface area contributed by atoms with E-state index in [1.807, 2.05) is 12.1 Å². The topological polar surface area (TPSA) is 67.6 Å². The summed E-state index contributed by atoms with van der Waals surface area (Å²) in [7, 11) is 1.79. The van der Waals surface area contributed by atoms with Gasteiger partial charge in [-0.15, -0.1) is 0 Å². The molecule has 0 aliphatic carbocycles. The maximum Gasteiger partial charge on any atom is 0.321 e. The molecule has 2 atom stereocenters. The van der Waals surface area contributed by atoms with Gasteiger partial charge >= 0.3 is 6.03 Å². The average molecular weight is 261 g/mol. The summed E-state index contributed by atoms with van der Waals surface area (Å²) in [5, 5.41) is 2.87. The van der Waals surface area contributed by atoms with Crippen LogP contribution < -0.4 is 11.1 Å². The van der Waals surface area contributed by atoms with Crippen LogP contribution in [-0.4, -0.2) is 31.2 Å². The molecule has 3 rings (SSSR count). The van der Waals surface area contributed by atoms with E-state index in [4.69, 9.17) is 10.5 Å². The summed E-state index contributed by atoms with van der Waals surface area (Å²) in [6.45, 7) is 2.18. The second kappa shape index (κ2) is 4.83. The Balaban J connectivity index is 1.84. The van der Waals surface area contributed by atoms with E-state index in [1.54, 1.807) is 11.9 Å². The quantitative estimate of drug-likeness (QED) is 0.851. The molecule has 2 heterocycles. The zero-order chi connectivity index (χ0) is 13.4. The summed E-state index contributed by atoms with van der Waals surface area (Å²) in [5.74, 6) is 0.397. The molecule has 5 heteroatoms. The van der Waals surface area contributed by atoms with Crippen LogP contribution in [0, 0.1) is 5.92 Å². The predicted octanol–water partition coefficient (Wildman–Crippen LogP) is 1.70. The van der Waals surface area contributed by atoms with Gasteiger partial charge in [0.1, 0.15) is 0 Å². The number of nitrogens with two attached hydrogens (primary N) is 1. The van der Waals surface area contributed by atoms with Gasteiger partial charge in [0.15, 0.2) is 0 Å². The van der Waals surface area contributed by atoms with E-state index in [9.17, 15) is 4.79 Å². The second-order valence-corrected chi connectivity index (χ2v) is 5.35. The molecule has 0 spiro atoms. The fourth-order valence-electron chi connectivity index (χ4n) is 2.72. The molecular formula is C14H19N3O2. The Morgan fingerprint density at radius 2 is 2.37 bits per heavy atom. The van der Waals surface area contributed by atoms with Gasteiger partial charge in [-0.05, 0) is 23.6 Å². The zero-order valence-electron chi connectivity index (χ0n) is 11.1. The van der Waals surface area contributed by atoms with E-state index in [-0.39, 0.29) is 12.1 Å². The number of amides is 2. The third kappa shape index (κ3) is 2.31. The number of nitrogens with zero attached hydrogens (tertiary/aromatic N) is 1. The highest BCUT2D eigenvalue weighted by Gasteiger charge is 2.26. The molecule has 1 saturated heterocycles. The summed E-state index contributed by atoms with van der Waals surface area (Å²) < 4.78 is 5.40. The summed E-state index contributed by atoms with van der Waals surface area (Å²) in [4.78, 5) is 13.2. The summed E-state index contributed by atoms with van der Waals surface area (Å²) in [6.07, 6.45) is 1.02. The van der Waals surface area contributed by atoms with Crippen LogP contribution >= 0.6 is 0 Å². The van der Waals surface area contributed by atoms with Crippen LogP contribution in [0.5, 0.6) is 0 Å². The summed E-state index contributed by atoms with van der Waals surface area (Å²) >= 11 is 0. The molecular weight excluding hydrogens is 242 g/mol. The summed E-state index contributed by atoms with van der Waals surface area (Å²) in [5.41, 5.74) is 9.45. The average Bonchev–Trinajstić information content (AvgIpc) is 2.93. The number of anilines is 1. The molecule has 1 aromatic carbocycles. The zero-order valence-corrected chi connectivity index (χ0v) is 11.1. The molecule has 19 heavy (non-hydrogen) atoms. The van der Waals surface area contributed by atoms with Gasteiger partial charge in [0.25, 0.3) is 0 Å². The van der Waals surface area contributed by atoms with Gasteiger partial charge in [0.05, 0.1) is 6.61 Å². The molecule has 0 bridgehead atoms. The van der Waals surface area contributed by atoms with Crippen molar-refractivity contribution in [2.45, 2.75) is 19.0 Å². The third-order valence-electron chi connectivity index (χ3n) is 3.98. The highest BCUT2D eigenvalue weighted by atomic mass is 16.5. The van der Waals surface area contributed by atoms with E-state index >= 15 is 0 Å². The SMILES string of the molecule is CN1Cc2cc(C(N)C3CCOC3)ccc2NC1=O. The highest BCUT2D eigenvalue weighted by Crippen LogP contribution is 2.30. The Morgan fingerprint density at radius 3 is 3.11 bits per heavy atom. The first kappa shape index (κ1) is 12.4. The first-order valence-corrected chi connectivity index (χ1v) is 6.63. The van der Waals surface area contributed by atoms with Gasteiger partial charge < -0.3 is 20.7 Å². The van der Waals surface area contributed by atoms with Crippen molar-refractivity contribution < 1.29 is 9.53 Å². The van der Waals surface area contributed by atoms with Crippen LogP contribution in [0.1, 0.15) is 23.6 Å². The normalized spacial score (nSPS) is 24.0. The fraction of sp³-hybridized carbons (Fsp3) is 0.500. The number of benzene rings is 1. The Morgan fingerprint density at radius 1 is 1.53 bits per heavy atom. The van der Waals surface area contributed by atoms with Crippen molar-refractivity contribution in [2.75, 3.05) is 25.6 Å². The number of hydrogen-bond acceptors (Lipinski definition) is 3. The van der Waals surface area contributed by atoms with Crippen molar-refractivity contribution in [3.8, 4) is 0 Å². The molecule has 5 nitrogen and oxygen atoms in total. The number of ether oxygens (including phenoxy) is 1. The van der Waals surface area contributed by atoms with Crippen molar-refractivity contribution in [3.63, 3.8) is 0 Å². The number of fused-ring (bicyclic) bond motifs is 1. The lowest BCUT2D eigenvalue weighted by Gasteiger charge is -2.27. The lowest BCUT2D eigenvalue weighted by atomic mass is 9.91. The number of carbonyl (C=O) groups is 1. The number of urea groups is 1. The van der Waals surface area contributed by atoms with Gasteiger partial charge in [-0.3, -0.25) is 0 Å². The molecule has 1 fully saturated rings. The van der Waals surface area contributed by atoms with Crippen molar-refractivity contribution in [2.24, 2.45) is 11.7 Å². The van der Waals surface area contributed by atoms with Crippen LogP contribution in [0.25, 0.3) is 0 Å². The van der Waals surface area contributed by atoms with Crippen LogP contribution in [0.4, 0.5) is 10.5 Å². The Hall–Kier alpha value is -1.59. The fourth-order valence-corrected chi connectivity index (χ4v) is 2.72. The highest BCUT2D eigenvalue weighted by molar-refractivity contribution is 5.92. The number of nitrogens with one attached hydrogen (secondary N) is 1. The largest absolute Gasteiger partial charge is 0.381 e. The minimum absolute atomic E-state index is 0.00994. The second-order valence-electron chi connectivity index (χ2n) is 5.35. The van der Waals surface area contributed by atoms with Crippen LogP contribution in [0.15, 0.2) is 18.2 Å². The van der Waals surface area contributed by atoms with E-state index < -0.39 is 0 Å². The molecule has 0 saturated carbocycles. The molecule has 3 N–H and O–H groups in total. The smallest absolute Gasteiger partial charge is 0.321 e. The van der Waals surface area contributed by atoms with Crippen molar-refractivity contribution in [1.82, 2.24) is 4.90 Å². The lowest BCUT2D eigenvalue weighted by molar-refractivity contribution is 0.181. The summed E-state index contributed by atoms with van der Waals surface area (Å²) in [6, 6.07) is 6.01. The minimum Gasteiger partial charge on any atom is -0.381 e. The first-order valence-electron chi connectivity index (χ1n) is 6.63. The molecule has 102 valence electrons. The van der Waals surface area contributed by atoms with Gasteiger partial charge in [-0.1, -0.05) is 12.1 Å². The van der Waals surface area contributed by atoms with E-state index in [2.05, 4.69) is 11.4 Å². The Labute approximate surface area is 112 Å². The lowest BCUT2D eigenvalue weighted by Crippen LogP contribution is -2.35. The number of carbonyl (C=O) groups excluding carboxylic acids is 1. The molecule has 1 aromatic rings. The number of hydrogen-bond donors (Lipinski definition) is 2. The van der Waals surface area contributed by atoms with Crippen molar-refractivity contribution >= 4 is 11.7 Å². The van der Waals surface area contributed by atoms with E-state index in [0.717, 1.165) is 36.4 Å². The van der Waals surface area contributed by atoms with Gasteiger partial charge in [0.2, 0.25) is 0 Å². The number of rotatable bonds is 2. The van der Waals surface area contributed by atoms with Gasteiger partial charge in [-0.25, -0.2) is 4.79 Å². The van der Waals surface area contributed by atoms with Crippen LogP contribution in [-0.2, 0) is 11.3 Å². The van der Waals surface area contributed by atoms with Crippen molar-refractivity contribution in [1.29, 1.82) is 0 Å². The van der Waals surface area contributed by atoms with Gasteiger partial charge in [0, 0.05) is 37.8 Å². The molecule has 2 aliphatic heterocycles. The van der Waals surface area contributed by atoms with Crippen molar-refractivity contribution in [3.05, 3.63) is 29.3 Å². The first-order chi connectivity index (χ1) is 9.15. The molecule has 0 radical (unpaired) electrons. The molecule has 2 aliphatic rings. The minimum atomic E-state index is -0.0614. The molecule has 2 amide bonds. The van der Waals surface area contributed by atoms with Crippen LogP contribution in [0.2, 0.25) is 0 Å². The van der Waals surface area contributed by atoms with Gasteiger partial charge in [-0.2, -0.15) is 0 Å². The maximum absolute atomic E-state index is 11.6. The third-order valence-corrected chi connectivity index (χ3v) is 3.98. The van der Waals surface area contributed by atoms with Crippen LogP contribution in [0.3, 0.4) is 0 Å². The van der Waals surface area contributed by atoms with E-state index in [1.165, 1.54) is 0 Å². The Bertz CT molecular complexity index is 497. The Kier molecular flexibility index (Phi) is 3.16. The predicted molar refractivity (Wildman–Crippen MR) is 72.8 cm³/mol. The monoisotopic (exact) mass is 261 g/mol. The van der Waals surface area contributed by atoms with E-state index in [0.29, 0.717) is 12.5 Å². The maximum atomic E-state index is 11.6. The standard InChI is InChI=1S/C14H19N3O2/c1-17-7-11-6-9(2-3-12(11)16-14(17)18)13(15)10-4-5-19-8-10/h2-3,6,10,13H,4-5,7-8,15H2,1H3,(H,16,18). The molecule has 0 aromatic heterocycles. The molecule has 2 unspecified atom stereocenters.